The predicted molar refractivity (Wildman–Crippen MR) is 102 cm³/mol. The van der Waals surface area contributed by atoms with E-state index >= 15 is 0 Å². The van der Waals surface area contributed by atoms with Crippen molar-refractivity contribution in [2.24, 2.45) is 0 Å². The first-order valence-corrected chi connectivity index (χ1v) is 8.39. The van der Waals surface area contributed by atoms with Gasteiger partial charge < -0.3 is 15.0 Å². The number of hydrogen-bond donors (Lipinski definition) is 2. The van der Waals surface area contributed by atoms with E-state index in [2.05, 4.69) is 44.3 Å². The molecule has 6 nitrogen and oxygen atoms in total. The van der Waals surface area contributed by atoms with E-state index in [1.807, 2.05) is 36.5 Å². The summed E-state index contributed by atoms with van der Waals surface area (Å²) in [5.74, 6) is 1.49. The number of ether oxygens (including phenoxy) is 1. The number of aromatic amines is 1. The lowest BCUT2D eigenvalue weighted by Crippen LogP contribution is -2.08. The number of nitrogens with one attached hydrogen (secondary N) is 2. The van der Waals surface area contributed by atoms with Gasteiger partial charge in [-0.15, -0.1) is 0 Å². The third-order valence-electron chi connectivity index (χ3n) is 4.35. The lowest BCUT2D eigenvalue weighted by atomic mass is 10.1. The van der Waals surface area contributed by atoms with E-state index in [9.17, 15) is 0 Å². The predicted octanol–water partition coefficient (Wildman–Crippen LogP) is 4.20. The normalized spacial score (nSPS) is 12.1. The SMILES string of the molecule is COc1cnc2[nH]cc(-c3cc(N[C@H](C)c4ccccc4)ncn3)c2c1. The van der Waals surface area contributed by atoms with Crippen molar-refractivity contribution in [2.45, 2.75) is 13.0 Å². The molecule has 0 spiro atoms. The number of fused-ring (bicyclic) bond motifs is 1. The monoisotopic (exact) mass is 345 g/mol. The van der Waals surface area contributed by atoms with Gasteiger partial charge in [-0.05, 0) is 18.6 Å². The van der Waals surface area contributed by atoms with E-state index in [0.29, 0.717) is 5.75 Å². The highest BCUT2D eigenvalue weighted by Gasteiger charge is 2.12. The topological polar surface area (TPSA) is 75.7 Å². The zero-order chi connectivity index (χ0) is 17.9. The number of pyridine rings is 1. The number of benzene rings is 1. The van der Waals surface area contributed by atoms with Gasteiger partial charge >= 0.3 is 0 Å². The molecule has 0 aliphatic carbocycles. The molecule has 6 heteroatoms. The van der Waals surface area contributed by atoms with E-state index in [4.69, 9.17) is 4.74 Å². The summed E-state index contributed by atoms with van der Waals surface area (Å²) in [6.45, 7) is 2.11. The van der Waals surface area contributed by atoms with Gasteiger partial charge in [0, 0.05) is 29.3 Å². The van der Waals surface area contributed by atoms with Gasteiger partial charge in [-0.3, -0.25) is 0 Å². The number of anilines is 1. The molecular weight excluding hydrogens is 326 g/mol. The number of methoxy groups -OCH3 is 1. The van der Waals surface area contributed by atoms with Crippen molar-refractivity contribution >= 4 is 16.9 Å². The van der Waals surface area contributed by atoms with Gasteiger partial charge in [0.25, 0.3) is 0 Å². The lowest BCUT2D eigenvalue weighted by molar-refractivity contribution is 0.414. The standard InChI is InChI=1S/C20H19N5O/c1-13(14-6-4-3-5-7-14)25-19-9-18(23-12-24-19)17-11-22-20-16(17)8-15(26-2)10-21-20/h3-13H,1-2H3,(H,21,22)(H,23,24,25)/t13-/m1/s1. The van der Waals surface area contributed by atoms with Crippen LogP contribution in [0.15, 0.2) is 61.2 Å². The zero-order valence-corrected chi connectivity index (χ0v) is 14.6. The Bertz CT molecular complexity index is 1030. The summed E-state index contributed by atoms with van der Waals surface area (Å²) in [5.41, 5.74) is 3.79. The van der Waals surface area contributed by atoms with Crippen molar-refractivity contribution in [2.75, 3.05) is 12.4 Å². The summed E-state index contributed by atoms with van der Waals surface area (Å²) in [6.07, 6.45) is 5.17. The highest BCUT2D eigenvalue weighted by atomic mass is 16.5. The van der Waals surface area contributed by atoms with Crippen molar-refractivity contribution in [3.63, 3.8) is 0 Å². The third kappa shape index (κ3) is 3.09. The molecule has 1 aromatic carbocycles. The minimum Gasteiger partial charge on any atom is -0.495 e. The van der Waals surface area contributed by atoms with Crippen molar-refractivity contribution in [3.8, 4) is 17.0 Å². The summed E-state index contributed by atoms with van der Waals surface area (Å²) in [6, 6.07) is 14.3. The molecular formula is C20H19N5O. The molecule has 4 aromatic rings. The lowest BCUT2D eigenvalue weighted by Gasteiger charge is -2.15. The molecule has 3 aromatic heterocycles. The first-order valence-electron chi connectivity index (χ1n) is 8.39. The molecule has 0 aliphatic heterocycles. The Kier molecular flexibility index (Phi) is 4.23. The van der Waals surface area contributed by atoms with Crippen LogP contribution in [0.25, 0.3) is 22.3 Å². The van der Waals surface area contributed by atoms with Gasteiger partial charge in [-0.2, -0.15) is 0 Å². The van der Waals surface area contributed by atoms with Gasteiger partial charge in [-0.1, -0.05) is 30.3 Å². The molecule has 0 radical (unpaired) electrons. The van der Waals surface area contributed by atoms with E-state index in [1.54, 1.807) is 19.6 Å². The molecule has 0 aliphatic rings. The fraction of sp³-hybridized carbons (Fsp3) is 0.150. The van der Waals surface area contributed by atoms with Crippen molar-refractivity contribution in [1.82, 2.24) is 19.9 Å². The van der Waals surface area contributed by atoms with Gasteiger partial charge in [0.05, 0.1) is 19.0 Å². The molecule has 1 atom stereocenters. The highest BCUT2D eigenvalue weighted by Crippen LogP contribution is 2.30. The minimum atomic E-state index is 0.142. The number of rotatable bonds is 5. The summed E-state index contributed by atoms with van der Waals surface area (Å²) < 4.78 is 5.29. The molecule has 3 heterocycles. The van der Waals surface area contributed by atoms with Gasteiger partial charge in [0.1, 0.15) is 23.5 Å². The van der Waals surface area contributed by atoms with E-state index in [1.165, 1.54) is 5.56 Å². The number of aromatic nitrogens is 4. The maximum atomic E-state index is 5.29. The first-order chi connectivity index (χ1) is 12.7. The van der Waals surface area contributed by atoms with Gasteiger partial charge in [-0.25, -0.2) is 15.0 Å². The smallest absolute Gasteiger partial charge is 0.138 e. The minimum absolute atomic E-state index is 0.142. The van der Waals surface area contributed by atoms with Crippen LogP contribution in [-0.2, 0) is 0 Å². The van der Waals surface area contributed by atoms with Crippen LogP contribution in [0.5, 0.6) is 5.75 Å². The van der Waals surface area contributed by atoms with Gasteiger partial charge in [0.15, 0.2) is 0 Å². The molecule has 130 valence electrons. The Morgan fingerprint density at radius 1 is 1.08 bits per heavy atom. The van der Waals surface area contributed by atoms with Crippen LogP contribution in [0, 0.1) is 0 Å². The number of H-pyrrole nitrogens is 1. The van der Waals surface area contributed by atoms with Crippen molar-refractivity contribution < 1.29 is 4.74 Å². The molecule has 0 bridgehead atoms. The number of nitrogens with zero attached hydrogens (tertiary/aromatic N) is 3. The van der Waals surface area contributed by atoms with Crippen LogP contribution in [-0.4, -0.2) is 27.0 Å². The molecule has 0 unspecified atom stereocenters. The summed E-state index contributed by atoms with van der Waals surface area (Å²) in [5, 5.41) is 4.39. The maximum Gasteiger partial charge on any atom is 0.138 e. The van der Waals surface area contributed by atoms with Crippen LogP contribution in [0.2, 0.25) is 0 Å². The molecule has 0 amide bonds. The molecule has 0 fully saturated rings. The Morgan fingerprint density at radius 3 is 2.73 bits per heavy atom. The number of hydrogen-bond acceptors (Lipinski definition) is 5. The van der Waals surface area contributed by atoms with Crippen LogP contribution in [0.3, 0.4) is 0 Å². The molecule has 4 rings (SSSR count). The Balaban J connectivity index is 1.66. The average Bonchev–Trinajstić information content (AvgIpc) is 3.12. The molecule has 2 N–H and O–H groups in total. The van der Waals surface area contributed by atoms with Crippen molar-refractivity contribution in [1.29, 1.82) is 0 Å². The summed E-state index contributed by atoms with van der Waals surface area (Å²) >= 11 is 0. The Labute approximate surface area is 151 Å². The second kappa shape index (κ2) is 6.84. The average molecular weight is 345 g/mol. The largest absolute Gasteiger partial charge is 0.495 e. The first kappa shape index (κ1) is 16.1. The fourth-order valence-electron chi connectivity index (χ4n) is 2.94. The van der Waals surface area contributed by atoms with E-state index < -0.39 is 0 Å². The molecule has 0 saturated carbocycles. The van der Waals surface area contributed by atoms with Crippen LogP contribution < -0.4 is 10.1 Å². The fourth-order valence-corrected chi connectivity index (χ4v) is 2.94. The highest BCUT2D eigenvalue weighted by molar-refractivity contribution is 5.93. The van der Waals surface area contributed by atoms with Gasteiger partial charge in [0.2, 0.25) is 0 Å². The quantitative estimate of drug-likeness (QED) is 0.567. The Hall–Kier alpha value is -3.41. The van der Waals surface area contributed by atoms with E-state index in [-0.39, 0.29) is 6.04 Å². The molecule has 26 heavy (non-hydrogen) atoms. The van der Waals surface area contributed by atoms with Crippen LogP contribution in [0.4, 0.5) is 5.82 Å². The van der Waals surface area contributed by atoms with Crippen LogP contribution in [0.1, 0.15) is 18.5 Å². The van der Waals surface area contributed by atoms with Crippen molar-refractivity contribution in [3.05, 3.63) is 66.7 Å². The maximum absolute atomic E-state index is 5.29. The third-order valence-corrected chi connectivity index (χ3v) is 4.35. The van der Waals surface area contributed by atoms with Crippen LogP contribution >= 0.6 is 0 Å². The Morgan fingerprint density at radius 2 is 1.92 bits per heavy atom. The van der Waals surface area contributed by atoms with E-state index in [0.717, 1.165) is 28.1 Å². The summed E-state index contributed by atoms with van der Waals surface area (Å²) in [4.78, 5) is 16.3. The summed E-state index contributed by atoms with van der Waals surface area (Å²) in [7, 11) is 1.63. The second-order valence-electron chi connectivity index (χ2n) is 6.04. The molecule has 0 saturated heterocycles. The second-order valence-corrected chi connectivity index (χ2v) is 6.04. The zero-order valence-electron chi connectivity index (χ0n) is 14.6.